The molecule has 2 N–H and O–H groups in total. The Morgan fingerprint density at radius 2 is 1.74 bits per heavy atom. The maximum absolute atomic E-state index is 14.9. The lowest BCUT2D eigenvalue weighted by Gasteiger charge is -2.10. The molecule has 1 unspecified atom stereocenters. The Morgan fingerprint density at radius 1 is 1.03 bits per heavy atom. The second kappa shape index (κ2) is 7.91. The van der Waals surface area contributed by atoms with Crippen LogP contribution < -0.4 is 10.5 Å². The molecule has 2 aromatic heterocycles. The molecule has 0 aliphatic carbocycles. The third-order valence-electron chi connectivity index (χ3n) is 4.62. The van der Waals surface area contributed by atoms with Crippen LogP contribution in [0.2, 0.25) is 0 Å². The zero-order valence-corrected chi connectivity index (χ0v) is 15.9. The molecule has 0 bridgehead atoms. The molecule has 4 rings (SSSR count). The van der Waals surface area contributed by atoms with E-state index < -0.39 is 34.8 Å². The van der Waals surface area contributed by atoms with Crippen molar-refractivity contribution in [3.05, 3.63) is 65.9 Å². The van der Waals surface area contributed by atoms with Crippen LogP contribution in [0.3, 0.4) is 0 Å². The highest BCUT2D eigenvalue weighted by Crippen LogP contribution is 2.35. The largest absolute Gasteiger partial charge is 0.451 e. The smallest absolute Gasteiger partial charge is 0.204 e. The minimum atomic E-state index is -1.74. The second-order valence-corrected chi connectivity index (χ2v) is 6.68. The van der Waals surface area contributed by atoms with Crippen molar-refractivity contribution >= 4 is 11.0 Å². The van der Waals surface area contributed by atoms with E-state index in [9.17, 15) is 22.0 Å². The van der Waals surface area contributed by atoms with E-state index >= 15 is 0 Å². The Hall–Kier alpha value is -3.60. The van der Waals surface area contributed by atoms with Gasteiger partial charge in [0.25, 0.3) is 0 Å². The molecule has 2 heterocycles. The summed E-state index contributed by atoms with van der Waals surface area (Å²) < 4.78 is 75.7. The lowest BCUT2D eigenvalue weighted by molar-refractivity contribution is 0.365. The van der Waals surface area contributed by atoms with E-state index in [4.69, 9.17) is 10.5 Å². The Kier molecular flexibility index (Phi) is 5.27. The summed E-state index contributed by atoms with van der Waals surface area (Å²) >= 11 is 0. The molecule has 0 saturated carbocycles. The van der Waals surface area contributed by atoms with Crippen molar-refractivity contribution in [1.29, 1.82) is 0 Å². The quantitative estimate of drug-likeness (QED) is 0.369. The fraction of sp³-hybridized carbons (Fsp3) is 0.150. The topological polar surface area (TPSA) is 78.9 Å². The molecule has 160 valence electrons. The van der Waals surface area contributed by atoms with Gasteiger partial charge in [-0.05, 0) is 19.1 Å². The summed E-state index contributed by atoms with van der Waals surface area (Å²) in [6, 6.07) is 3.07. The van der Waals surface area contributed by atoms with E-state index in [1.165, 1.54) is 29.3 Å². The summed E-state index contributed by atoms with van der Waals surface area (Å²) in [5, 5.41) is 4.85. The predicted octanol–water partition coefficient (Wildman–Crippen LogP) is 4.50. The summed E-state index contributed by atoms with van der Waals surface area (Å²) in [5.74, 6) is -9.30. The third-order valence-corrected chi connectivity index (χ3v) is 4.62. The van der Waals surface area contributed by atoms with Crippen molar-refractivity contribution in [3.8, 4) is 22.8 Å². The number of hydrogen-bond donors (Lipinski definition) is 1. The molecule has 0 aliphatic heterocycles. The van der Waals surface area contributed by atoms with Gasteiger partial charge in [-0.3, -0.25) is 0 Å². The minimum Gasteiger partial charge on any atom is -0.451 e. The van der Waals surface area contributed by atoms with E-state index in [0.717, 1.165) is 6.07 Å². The molecular formula is C20H14F5N5O. The monoisotopic (exact) mass is 435 g/mol. The fourth-order valence-electron chi connectivity index (χ4n) is 3.00. The van der Waals surface area contributed by atoms with Gasteiger partial charge in [-0.25, -0.2) is 27.8 Å². The van der Waals surface area contributed by atoms with Gasteiger partial charge in [0.1, 0.15) is 23.6 Å². The molecular weight excluding hydrogens is 421 g/mol. The highest BCUT2D eigenvalue weighted by Gasteiger charge is 2.23. The third kappa shape index (κ3) is 3.56. The number of aromatic nitrogens is 4. The van der Waals surface area contributed by atoms with Gasteiger partial charge in [0, 0.05) is 30.4 Å². The first-order valence-electron chi connectivity index (χ1n) is 9.00. The van der Waals surface area contributed by atoms with Crippen molar-refractivity contribution in [2.75, 3.05) is 6.54 Å². The van der Waals surface area contributed by atoms with Crippen molar-refractivity contribution < 1.29 is 26.7 Å². The van der Waals surface area contributed by atoms with Crippen molar-refractivity contribution in [2.45, 2.75) is 13.0 Å². The van der Waals surface area contributed by atoms with E-state index in [1.807, 2.05) is 6.92 Å². The Labute approximate surface area is 172 Å². The Morgan fingerprint density at radius 3 is 2.39 bits per heavy atom. The Bertz CT molecular complexity index is 1270. The summed E-state index contributed by atoms with van der Waals surface area (Å²) in [6.07, 6.45) is 2.79. The molecule has 0 saturated heterocycles. The normalized spacial score (nSPS) is 12.4. The molecule has 0 aliphatic rings. The average molecular weight is 435 g/mol. The lowest BCUT2D eigenvalue weighted by atomic mass is 10.1. The standard InChI is InChI=1S/C20H14F5N5O/c1-9(6-26)30-20-12(7-27-8-28-20)18(29-30)11-3-2-10(4-13(11)21)31-19-16(24)14(22)5-15(23)17(19)25/h2-5,7-9H,6,26H2,1H3. The van der Waals surface area contributed by atoms with Crippen LogP contribution in [0.4, 0.5) is 22.0 Å². The van der Waals surface area contributed by atoms with E-state index in [0.29, 0.717) is 11.0 Å². The van der Waals surface area contributed by atoms with Crippen molar-refractivity contribution in [3.63, 3.8) is 0 Å². The van der Waals surface area contributed by atoms with Gasteiger partial charge < -0.3 is 10.5 Å². The number of halogens is 5. The van der Waals surface area contributed by atoms with Gasteiger partial charge in [-0.2, -0.15) is 13.9 Å². The highest BCUT2D eigenvalue weighted by molar-refractivity contribution is 5.90. The summed E-state index contributed by atoms with van der Waals surface area (Å²) in [6.45, 7) is 2.07. The molecule has 1 atom stereocenters. The van der Waals surface area contributed by atoms with Gasteiger partial charge in [0.05, 0.1) is 11.4 Å². The first-order valence-corrected chi connectivity index (χ1v) is 9.00. The fourth-order valence-corrected chi connectivity index (χ4v) is 3.00. The summed E-state index contributed by atoms with van der Waals surface area (Å²) in [7, 11) is 0. The molecule has 0 spiro atoms. The number of rotatable bonds is 5. The summed E-state index contributed by atoms with van der Waals surface area (Å²) in [4.78, 5) is 8.11. The number of benzene rings is 2. The zero-order valence-electron chi connectivity index (χ0n) is 15.9. The molecule has 4 aromatic rings. The van der Waals surface area contributed by atoms with Crippen LogP contribution in [-0.4, -0.2) is 26.3 Å². The minimum absolute atomic E-state index is 0.0292. The molecule has 0 fully saturated rings. The van der Waals surface area contributed by atoms with Crippen molar-refractivity contribution in [2.24, 2.45) is 5.73 Å². The Balaban J connectivity index is 1.77. The van der Waals surface area contributed by atoms with Crippen LogP contribution in [0.5, 0.6) is 11.5 Å². The van der Waals surface area contributed by atoms with Gasteiger partial charge in [-0.15, -0.1) is 0 Å². The molecule has 31 heavy (non-hydrogen) atoms. The molecule has 0 amide bonds. The van der Waals surface area contributed by atoms with E-state index in [2.05, 4.69) is 15.1 Å². The maximum atomic E-state index is 14.9. The van der Waals surface area contributed by atoms with Gasteiger partial charge in [0.2, 0.25) is 17.4 Å². The average Bonchev–Trinajstić information content (AvgIpc) is 3.14. The van der Waals surface area contributed by atoms with Crippen LogP contribution in [-0.2, 0) is 0 Å². The number of hydrogen-bond acceptors (Lipinski definition) is 5. The molecule has 2 aromatic carbocycles. The van der Waals surface area contributed by atoms with Crippen LogP contribution in [0.1, 0.15) is 13.0 Å². The zero-order chi connectivity index (χ0) is 22.3. The predicted molar refractivity (Wildman–Crippen MR) is 101 cm³/mol. The van der Waals surface area contributed by atoms with Gasteiger partial charge in [-0.1, -0.05) is 0 Å². The molecule has 0 radical (unpaired) electrons. The van der Waals surface area contributed by atoms with E-state index in [1.54, 1.807) is 0 Å². The van der Waals surface area contributed by atoms with Crippen molar-refractivity contribution in [1.82, 2.24) is 19.7 Å². The first kappa shape index (κ1) is 20.7. The van der Waals surface area contributed by atoms with Crippen LogP contribution >= 0.6 is 0 Å². The lowest BCUT2D eigenvalue weighted by Crippen LogP contribution is -2.17. The number of nitrogens with zero attached hydrogens (tertiary/aromatic N) is 4. The maximum Gasteiger partial charge on any atom is 0.204 e. The molecule has 11 heteroatoms. The van der Waals surface area contributed by atoms with E-state index in [-0.39, 0.29) is 35.7 Å². The number of ether oxygens (including phenoxy) is 1. The second-order valence-electron chi connectivity index (χ2n) is 6.68. The first-order chi connectivity index (χ1) is 14.8. The number of nitrogens with two attached hydrogens (primary N) is 1. The summed E-state index contributed by atoms with van der Waals surface area (Å²) in [5.41, 5.74) is 6.39. The van der Waals surface area contributed by atoms with Crippen LogP contribution in [0.25, 0.3) is 22.3 Å². The van der Waals surface area contributed by atoms with Gasteiger partial charge >= 0.3 is 0 Å². The SMILES string of the molecule is CC(CN)n1nc(-c2ccc(Oc3c(F)c(F)cc(F)c3F)cc2F)c2cncnc21. The van der Waals surface area contributed by atoms with Crippen LogP contribution in [0.15, 0.2) is 36.8 Å². The van der Waals surface area contributed by atoms with Gasteiger partial charge in [0.15, 0.2) is 17.3 Å². The number of fused-ring (bicyclic) bond motifs is 1. The molecule has 6 nitrogen and oxygen atoms in total. The highest BCUT2D eigenvalue weighted by atomic mass is 19.2. The van der Waals surface area contributed by atoms with Crippen LogP contribution in [0, 0.1) is 29.1 Å².